The van der Waals surface area contributed by atoms with Gasteiger partial charge in [0.05, 0.1) is 17.5 Å². The minimum absolute atomic E-state index is 0.564. The van der Waals surface area contributed by atoms with Crippen molar-refractivity contribution >= 4 is 0 Å². The molecule has 0 unspecified atom stereocenters. The van der Waals surface area contributed by atoms with Gasteiger partial charge in [-0.1, -0.05) is 0 Å². The molecule has 0 radical (unpaired) electrons. The molecule has 3 heterocycles. The zero-order valence-corrected chi connectivity index (χ0v) is 11.9. The molecule has 0 aliphatic carbocycles. The molecule has 0 amide bonds. The van der Waals surface area contributed by atoms with Crippen LogP contribution in [0, 0.1) is 0 Å². The number of ether oxygens (including phenoxy) is 1. The lowest BCUT2D eigenvalue weighted by Crippen LogP contribution is -2.44. The molecule has 2 aromatic heterocycles. The number of aromatic amines is 1. The fourth-order valence-electron chi connectivity index (χ4n) is 2.56. The van der Waals surface area contributed by atoms with Crippen LogP contribution in [0.1, 0.15) is 18.4 Å². The van der Waals surface area contributed by atoms with E-state index in [-0.39, 0.29) is 0 Å². The van der Waals surface area contributed by atoms with Crippen molar-refractivity contribution in [1.29, 1.82) is 0 Å². The smallest absolute Gasteiger partial charge is 0.0815 e. The highest BCUT2D eigenvalue weighted by Gasteiger charge is 2.29. The molecule has 1 fully saturated rings. The molecule has 6 heteroatoms. The van der Waals surface area contributed by atoms with Gasteiger partial charge in [0.15, 0.2) is 0 Å². The summed E-state index contributed by atoms with van der Waals surface area (Å²) in [6.07, 6.45) is 6.73. The fraction of sp³-hybridized carbons (Fsp3) is 0.467. The van der Waals surface area contributed by atoms with Gasteiger partial charge in [-0.3, -0.25) is 10.1 Å². The summed E-state index contributed by atoms with van der Waals surface area (Å²) in [4.78, 5) is 4.12. The summed E-state index contributed by atoms with van der Waals surface area (Å²) in [5.41, 5.74) is 2.39. The maximum atomic E-state index is 10.4. The lowest BCUT2D eigenvalue weighted by molar-refractivity contribution is -0.0616. The third-order valence-corrected chi connectivity index (χ3v) is 3.86. The number of aliphatic hydroxyl groups is 1. The Balaban J connectivity index is 1.60. The highest BCUT2D eigenvalue weighted by molar-refractivity contribution is 5.61. The molecule has 3 rings (SSSR count). The monoisotopic (exact) mass is 288 g/mol. The first-order valence-corrected chi connectivity index (χ1v) is 7.20. The molecule has 0 saturated carbocycles. The number of hydrogen-bond acceptors (Lipinski definition) is 5. The van der Waals surface area contributed by atoms with Gasteiger partial charge < -0.3 is 15.2 Å². The molecule has 2 aromatic rings. The fourth-order valence-corrected chi connectivity index (χ4v) is 2.56. The van der Waals surface area contributed by atoms with Crippen molar-refractivity contribution in [3.8, 4) is 11.3 Å². The molecule has 0 aromatic carbocycles. The molecule has 1 aliphatic rings. The van der Waals surface area contributed by atoms with Crippen LogP contribution in [-0.2, 0) is 11.3 Å². The molecule has 21 heavy (non-hydrogen) atoms. The van der Waals surface area contributed by atoms with E-state index in [1.165, 1.54) is 0 Å². The number of aromatic nitrogens is 3. The average molecular weight is 288 g/mol. The molecular weight excluding hydrogens is 268 g/mol. The number of hydrogen-bond donors (Lipinski definition) is 3. The lowest BCUT2D eigenvalue weighted by atomic mass is 9.94. The highest BCUT2D eigenvalue weighted by Crippen LogP contribution is 2.21. The number of rotatable bonds is 5. The maximum Gasteiger partial charge on any atom is 0.0815 e. The Kier molecular flexibility index (Phi) is 4.28. The maximum absolute atomic E-state index is 10.4. The summed E-state index contributed by atoms with van der Waals surface area (Å²) in [5.74, 6) is 0. The van der Waals surface area contributed by atoms with Crippen LogP contribution in [0.2, 0.25) is 0 Å². The molecule has 0 atom stereocenters. The minimum Gasteiger partial charge on any atom is -0.388 e. The second kappa shape index (κ2) is 6.34. The van der Waals surface area contributed by atoms with E-state index in [4.69, 9.17) is 4.74 Å². The summed E-state index contributed by atoms with van der Waals surface area (Å²) in [6, 6.07) is 3.90. The molecule has 3 N–H and O–H groups in total. The molecule has 1 aliphatic heterocycles. The van der Waals surface area contributed by atoms with Crippen LogP contribution in [0.5, 0.6) is 0 Å². The van der Waals surface area contributed by atoms with Crippen LogP contribution in [-0.4, -0.2) is 45.6 Å². The van der Waals surface area contributed by atoms with Gasteiger partial charge in [-0.25, -0.2) is 0 Å². The zero-order valence-electron chi connectivity index (χ0n) is 11.9. The first-order chi connectivity index (χ1) is 10.3. The standard InChI is InChI=1S/C15H20N4O2/c20-15(3-6-21-7-4-15)11-17-9-13-10-18-19-14(13)12-2-1-5-16-8-12/h1-2,5,8,10,17,20H,3-4,6-7,9,11H2,(H,18,19). The number of pyridine rings is 1. The first-order valence-electron chi connectivity index (χ1n) is 7.20. The Hall–Kier alpha value is -1.76. The van der Waals surface area contributed by atoms with E-state index in [0.29, 0.717) is 39.1 Å². The van der Waals surface area contributed by atoms with Gasteiger partial charge in [-0.05, 0) is 12.1 Å². The van der Waals surface area contributed by atoms with Crippen molar-refractivity contribution < 1.29 is 9.84 Å². The van der Waals surface area contributed by atoms with Crippen molar-refractivity contribution in [3.63, 3.8) is 0 Å². The Morgan fingerprint density at radius 2 is 2.19 bits per heavy atom. The number of nitrogens with one attached hydrogen (secondary N) is 2. The number of H-pyrrole nitrogens is 1. The molecule has 0 spiro atoms. The van der Waals surface area contributed by atoms with Crippen LogP contribution in [0.3, 0.4) is 0 Å². The van der Waals surface area contributed by atoms with Gasteiger partial charge >= 0.3 is 0 Å². The van der Waals surface area contributed by atoms with Gasteiger partial charge in [0.2, 0.25) is 0 Å². The van der Waals surface area contributed by atoms with Crippen LogP contribution in [0.15, 0.2) is 30.7 Å². The van der Waals surface area contributed by atoms with E-state index in [9.17, 15) is 5.11 Å². The van der Waals surface area contributed by atoms with E-state index in [1.54, 1.807) is 6.20 Å². The largest absolute Gasteiger partial charge is 0.388 e. The molecule has 112 valence electrons. The van der Waals surface area contributed by atoms with Crippen molar-refractivity contribution in [2.45, 2.75) is 25.0 Å². The summed E-state index contributed by atoms with van der Waals surface area (Å²) in [5, 5.41) is 20.8. The second-order valence-electron chi connectivity index (χ2n) is 5.45. The van der Waals surface area contributed by atoms with Crippen LogP contribution >= 0.6 is 0 Å². The molecule has 6 nitrogen and oxygen atoms in total. The Labute approximate surface area is 123 Å². The Morgan fingerprint density at radius 3 is 2.95 bits per heavy atom. The quantitative estimate of drug-likeness (QED) is 0.767. The Morgan fingerprint density at radius 1 is 1.33 bits per heavy atom. The highest BCUT2D eigenvalue weighted by atomic mass is 16.5. The summed E-state index contributed by atoms with van der Waals surface area (Å²) >= 11 is 0. The van der Waals surface area contributed by atoms with Gasteiger partial charge in [0.1, 0.15) is 0 Å². The SMILES string of the molecule is OC1(CNCc2cn[nH]c2-c2cccnc2)CCOCC1. The topological polar surface area (TPSA) is 83.1 Å². The normalized spacial score (nSPS) is 17.8. The predicted molar refractivity (Wildman–Crippen MR) is 78.5 cm³/mol. The van der Waals surface area contributed by atoms with Crippen LogP contribution in [0.4, 0.5) is 0 Å². The zero-order chi connectivity index (χ0) is 14.5. The number of nitrogens with zero attached hydrogens (tertiary/aromatic N) is 2. The van der Waals surface area contributed by atoms with Crippen molar-refractivity contribution in [2.24, 2.45) is 0 Å². The minimum atomic E-state index is -0.656. The molecular formula is C15H20N4O2. The van der Waals surface area contributed by atoms with E-state index in [0.717, 1.165) is 16.8 Å². The third kappa shape index (κ3) is 3.47. The van der Waals surface area contributed by atoms with Crippen molar-refractivity contribution in [2.75, 3.05) is 19.8 Å². The van der Waals surface area contributed by atoms with Crippen molar-refractivity contribution in [3.05, 3.63) is 36.3 Å². The van der Waals surface area contributed by atoms with E-state index in [1.807, 2.05) is 24.5 Å². The van der Waals surface area contributed by atoms with Gasteiger partial charge in [-0.2, -0.15) is 5.10 Å². The van der Waals surface area contributed by atoms with Gasteiger partial charge in [0, 0.05) is 62.7 Å². The predicted octanol–water partition coefficient (Wildman–Crippen LogP) is 1.10. The van der Waals surface area contributed by atoms with E-state index < -0.39 is 5.60 Å². The second-order valence-corrected chi connectivity index (χ2v) is 5.45. The van der Waals surface area contributed by atoms with Crippen LogP contribution in [0.25, 0.3) is 11.3 Å². The van der Waals surface area contributed by atoms with E-state index in [2.05, 4.69) is 20.5 Å². The summed E-state index contributed by atoms with van der Waals surface area (Å²) in [6.45, 7) is 2.48. The van der Waals surface area contributed by atoms with E-state index >= 15 is 0 Å². The third-order valence-electron chi connectivity index (χ3n) is 3.86. The Bertz CT molecular complexity index is 564. The van der Waals surface area contributed by atoms with Crippen LogP contribution < -0.4 is 5.32 Å². The van der Waals surface area contributed by atoms with Gasteiger partial charge in [-0.15, -0.1) is 0 Å². The first kappa shape index (κ1) is 14.2. The molecule has 0 bridgehead atoms. The average Bonchev–Trinajstić information content (AvgIpc) is 2.97. The van der Waals surface area contributed by atoms with Crippen molar-refractivity contribution in [1.82, 2.24) is 20.5 Å². The van der Waals surface area contributed by atoms with Gasteiger partial charge in [0.25, 0.3) is 0 Å². The molecule has 1 saturated heterocycles. The lowest BCUT2D eigenvalue weighted by Gasteiger charge is -2.32. The summed E-state index contributed by atoms with van der Waals surface area (Å²) in [7, 11) is 0. The summed E-state index contributed by atoms with van der Waals surface area (Å²) < 4.78 is 5.28.